The molecule has 0 saturated carbocycles. The molecule has 2 aromatic rings. The Morgan fingerprint density at radius 2 is 1.79 bits per heavy atom. The standard InChI is InChI=1S/C15H16N2O2/c1-12(13-8-10-16-11-9-13)17(2)15(18)19-14-6-4-3-5-7-14/h3-12H,1-2H3. The van der Waals surface area contributed by atoms with Gasteiger partial charge >= 0.3 is 6.09 Å². The van der Waals surface area contributed by atoms with Crippen LogP contribution in [-0.2, 0) is 0 Å². The number of rotatable bonds is 3. The molecule has 0 N–H and O–H groups in total. The Morgan fingerprint density at radius 3 is 2.42 bits per heavy atom. The zero-order chi connectivity index (χ0) is 13.7. The highest BCUT2D eigenvalue weighted by atomic mass is 16.6. The molecule has 0 fully saturated rings. The maximum absolute atomic E-state index is 12.0. The van der Waals surface area contributed by atoms with E-state index in [0.717, 1.165) is 5.56 Å². The van der Waals surface area contributed by atoms with Crippen molar-refractivity contribution in [2.75, 3.05) is 7.05 Å². The monoisotopic (exact) mass is 256 g/mol. The number of hydrogen-bond donors (Lipinski definition) is 0. The summed E-state index contributed by atoms with van der Waals surface area (Å²) in [6.45, 7) is 1.95. The van der Waals surface area contributed by atoms with E-state index in [9.17, 15) is 4.79 Å². The lowest BCUT2D eigenvalue weighted by atomic mass is 10.1. The molecule has 98 valence electrons. The minimum atomic E-state index is -0.379. The number of carbonyl (C=O) groups excluding carboxylic acids is 1. The summed E-state index contributed by atoms with van der Waals surface area (Å²) in [5.74, 6) is 0.543. The number of amides is 1. The van der Waals surface area contributed by atoms with Crippen molar-refractivity contribution in [3.63, 3.8) is 0 Å². The molecule has 0 saturated heterocycles. The second kappa shape index (κ2) is 6.00. The Bertz CT molecular complexity index is 528. The second-order valence-corrected chi connectivity index (χ2v) is 4.25. The van der Waals surface area contributed by atoms with Crippen LogP contribution in [-0.4, -0.2) is 23.0 Å². The molecule has 2 rings (SSSR count). The van der Waals surface area contributed by atoms with Gasteiger partial charge in [0.2, 0.25) is 0 Å². The average Bonchev–Trinajstić information content (AvgIpc) is 2.47. The van der Waals surface area contributed by atoms with E-state index >= 15 is 0 Å². The molecule has 1 heterocycles. The molecule has 1 aromatic carbocycles. The highest BCUT2D eigenvalue weighted by molar-refractivity contribution is 5.70. The Balaban J connectivity index is 2.03. The van der Waals surface area contributed by atoms with Gasteiger partial charge in [-0.3, -0.25) is 4.98 Å². The molecule has 1 amide bonds. The predicted octanol–water partition coefficient (Wildman–Crippen LogP) is 3.27. The van der Waals surface area contributed by atoms with Gasteiger partial charge in [0.15, 0.2) is 0 Å². The Kier molecular flexibility index (Phi) is 4.13. The molecule has 0 aliphatic heterocycles. The van der Waals surface area contributed by atoms with Gasteiger partial charge in [0, 0.05) is 19.4 Å². The first-order valence-electron chi connectivity index (χ1n) is 6.08. The van der Waals surface area contributed by atoms with E-state index in [4.69, 9.17) is 4.74 Å². The Hall–Kier alpha value is -2.36. The van der Waals surface area contributed by atoms with Crippen molar-refractivity contribution >= 4 is 6.09 Å². The summed E-state index contributed by atoms with van der Waals surface area (Å²) < 4.78 is 5.29. The summed E-state index contributed by atoms with van der Waals surface area (Å²) in [7, 11) is 1.72. The zero-order valence-electron chi connectivity index (χ0n) is 11.0. The van der Waals surface area contributed by atoms with Crippen LogP contribution in [0.5, 0.6) is 5.75 Å². The third-order valence-corrected chi connectivity index (χ3v) is 3.01. The molecule has 19 heavy (non-hydrogen) atoms. The van der Waals surface area contributed by atoms with Crippen molar-refractivity contribution in [3.8, 4) is 5.75 Å². The number of para-hydroxylation sites is 1. The van der Waals surface area contributed by atoms with E-state index < -0.39 is 0 Å². The van der Waals surface area contributed by atoms with Crippen molar-refractivity contribution in [1.82, 2.24) is 9.88 Å². The summed E-state index contributed by atoms with van der Waals surface area (Å²) in [5, 5.41) is 0. The van der Waals surface area contributed by atoms with Crippen LogP contribution < -0.4 is 4.74 Å². The van der Waals surface area contributed by atoms with Gasteiger partial charge in [-0.15, -0.1) is 0 Å². The average molecular weight is 256 g/mol. The van der Waals surface area contributed by atoms with Crippen LogP contribution in [0.3, 0.4) is 0 Å². The number of pyridine rings is 1. The highest BCUT2D eigenvalue weighted by Crippen LogP contribution is 2.19. The van der Waals surface area contributed by atoms with Gasteiger partial charge in [0.25, 0.3) is 0 Å². The normalized spacial score (nSPS) is 11.7. The number of nitrogens with zero attached hydrogens (tertiary/aromatic N) is 2. The summed E-state index contributed by atoms with van der Waals surface area (Å²) >= 11 is 0. The number of carbonyl (C=O) groups is 1. The van der Waals surface area contributed by atoms with E-state index in [1.165, 1.54) is 0 Å². The minimum Gasteiger partial charge on any atom is -0.410 e. The van der Waals surface area contributed by atoms with Crippen LogP contribution in [0.15, 0.2) is 54.9 Å². The topological polar surface area (TPSA) is 42.4 Å². The van der Waals surface area contributed by atoms with E-state index in [1.807, 2.05) is 37.3 Å². The molecule has 1 unspecified atom stereocenters. The highest BCUT2D eigenvalue weighted by Gasteiger charge is 2.18. The van der Waals surface area contributed by atoms with Crippen LogP contribution in [0.4, 0.5) is 4.79 Å². The third kappa shape index (κ3) is 3.31. The molecular formula is C15H16N2O2. The van der Waals surface area contributed by atoms with E-state index in [-0.39, 0.29) is 12.1 Å². The fraction of sp³-hybridized carbons (Fsp3) is 0.200. The molecule has 0 spiro atoms. The number of hydrogen-bond acceptors (Lipinski definition) is 3. The molecule has 0 radical (unpaired) electrons. The van der Waals surface area contributed by atoms with Crippen LogP contribution in [0.1, 0.15) is 18.5 Å². The molecule has 0 bridgehead atoms. The quantitative estimate of drug-likeness (QED) is 0.846. The second-order valence-electron chi connectivity index (χ2n) is 4.25. The van der Waals surface area contributed by atoms with E-state index in [0.29, 0.717) is 5.75 Å². The number of aromatic nitrogens is 1. The van der Waals surface area contributed by atoms with Gasteiger partial charge in [-0.25, -0.2) is 4.79 Å². The number of ether oxygens (including phenoxy) is 1. The predicted molar refractivity (Wildman–Crippen MR) is 72.9 cm³/mol. The molecule has 4 nitrogen and oxygen atoms in total. The third-order valence-electron chi connectivity index (χ3n) is 3.01. The first kappa shape index (κ1) is 13.1. The Labute approximate surface area is 112 Å². The van der Waals surface area contributed by atoms with Crippen molar-refractivity contribution in [3.05, 3.63) is 60.4 Å². The molecule has 0 aliphatic rings. The van der Waals surface area contributed by atoms with Gasteiger partial charge in [0.05, 0.1) is 6.04 Å². The first-order chi connectivity index (χ1) is 9.18. The fourth-order valence-corrected chi connectivity index (χ4v) is 1.69. The fourth-order valence-electron chi connectivity index (χ4n) is 1.69. The lowest BCUT2D eigenvalue weighted by Gasteiger charge is -2.24. The van der Waals surface area contributed by atoms with Crippen LogP contribution in [0.2, 0.25) is 0 Å². The minimum absolute atomic E-state index is 0.0702. The van der Waals surface area contributed by atoms with Gasteiger partial charge in [0.1, 0.15) is 5.75 Å². The van der Waals surface area contributed by atoms with Crippen molar-refractivity contribution in [2.24, 2.45) is 0 Å². The van der Waals surface area contributed by atoms with E-state index in [1.54, 1.807) is 36.5 Å². The summed E-state index contributed by atoms with van der Waals surface area (Å²) in [6.07, 6.45) is 3.04. The van der Waals surface area contributed by atoms with Crippen LogP contribution in [0, 0.1) is 0 Å². The Morgan fingerprint density at radius 1 is 1.16 bits per heavy atom. The smallest absolute Gasteiger partial charge is 0.410 e. The lowest BCUT2D eigenvalue weighted by Crippen LogP contribution is -2.32. The van der Waals surface area contributed by atoms with Crippen molar-refractivity contribution in [1.29, 1.82) is 0 Å². The summed E-state index contributed by atoms with van der Waals surface area (Å²) in [6, 6.07) is 12.7. The zero-order valence-corrected chi connectivity index (χ0v) is 11.0. The maximum atomic E-state index is 12.0. The SMILES string of the molecule is CC(c1ccncc1)N(C)C(=O)Oc1ccccc1. The summed E-state index contributed by atoms with van der Waals surface area (Å²) in [4.78, 5) is 17.5. The number of benzene rings is 1. The molecule has 1 aromatic heterocycles. The largest absolute Gasteiger partial charge is 0.415 e. The van der Waals surface area contributed by atoms with Crippen molar-refractivity contribution < 1.29 is 9.53 Å². The van der Waals surface area contributed by atoms with Gasteiger partial charge in [-0.1, -0.05) is 18.2 Å². The molecular weight excluding hydrogens is 240 g/mol. The van der Waals surface area contributed by atoms with Crippen LogP contribution in [0.25, 0.3) is 0 Å². The van der Waals surface area contributed by atoms with E-state index in [2.05, 4.69) is 4.98 Å². The summed E-state index contributed by atoms with van der Waals surface area (Å²) in [5.41, 5.74) is 1.02. The maximum Gasteiger partial charge on any atom is 0.415 e. The first-order valence-corrected chi connectivity index (χ1v) is 6.08. The van der Waals surface area contributed by atoms with Gasteiger partial charge in [-0.2, -0.15) is 0 Å². The lowest BCUT2D eigenvalue weighted by molar-refractivity contribution is 0.149. The molecule has 4 heteroatoms. The van der Waals surface area contributed by atoms with Gasteiger partial charge < -0.3 is 9.64 Å². The van der Waals surface area contributed by atoms with Crippen molar-refractivity contribution in [2.45, 2.75) is 13.0 Å². The van der Waals surface area contributed by atoms with Gasteiger partial charge in [-0.05, 0) is 36.8 Å². The van der Waals surface area contributed by atoms with Crippen LogP contribution >= 0.6 is 0 Å². The molecule has 1 atom stereocenters. The molecule has 0 aliphatic carbocycles.